The van der Waals surface area contributed by atoms with E-state index in [0.29, 0.717) is 12.3 Å². The smallest absolute Gasteiger partial charge is 0.324 e. The molecule has 0 radical (unpaired) electrons. The first-order chi connectivity index (χ1) is 7.50. The van der Waals surface area contributed by atoms with Crippen LogP contribution >= 0.6 is 11.8 Å². The second kappa shape index (κ2) is 5.37. The van der Waals surface area contributed by atoms with Crippen molar-refractivity contribution in [1.29, 1.82) is 0 Å². The molecule has 4 heteroatoms. The monoisotopic (exact) mass is 239 g/mol. The van der Waals surface area contributed by atoms with Gasteiger partial charge in [-0.1, -0.05) is 29.8 Å². The van der Waals surface area contributed by atoms with Gasteiger partial charge in [0.05, 0.1) is 0 Å². The minimum atomic E-state index is -0.910. The standard InChI is InChI=1S/C12H17NO2S/c1-9-3-5-10(6-4-9)12(2,11(14)15)16-8-7-13/h3-6H,7-8,13H2,1-2H3,(H,14,15). The lowest BCUT2D eigenvalue weighted by Crippen LogP contribution is -2.30. The predicted octanol–water partition coefficient (Wildman–Crippen LogP) is 1.99. The summed E-state index contributed by atoms with van der Waals surface area (Å²) in [5.41, 5.74) is 7.36. The number of aliphatic carboxylic acids is 1. The van der Waals surface area contributed by atoms with Crippen LogP contribution in [0.4, 0.5) is 0 Å². The number of hydrogen-bond acceptors (Lipinski definition) is 3. The number of hydrogen-bond donors (Lipinski definition) is 2. The Bertz CT molecular complexity index is 364. The first kappa shape index (κ1) is 13.1. The summed E-state index contributed by atoms with van der Waals surface area (Å²) >= 11 is 1.37. The van der Waals surface area contributed by atoms with Crippen molar-refractivity contribution >= 4 is 17.7 Å². The minimum Gasteiger partial charge on any atom is -0.480 e. The van der Waals surface area contributed by atoms with Gasteiger partial charge in [-0.2, -0.15) is 0 Å². The summed E-state index contributed by atoms with van der Waals surface area (Å²) in [6, 6.07) is 7.60. The molecular weight excluding hydrogens is 222 g/mol. The fourth-order valence-corrected chi connectivity index (χ4v) is 2.36. The summed E-state index contributed by atoms with van der Waals surface area (Å²) in [7, 11) is 0. The molecule has 1 aromatic rings. The first-order valence-corrected chi connectivity index (χ1v) is 6.14. The van der Waals surface area contributed by atoms with Crippen molar-refractivity contribution in [2.75, 3.05) is 12.3 Å². The molecule has 3 nitrogen and oxygen atoms in total. The van der Waals surface area contributed by atoms with Gasteiger partial charge in [-0.05, 0) is 19.4 Å². The fraction of sp³-hybridized carbons (Fsp3) is 0.417. The lowest BCUT2D eigenvalue weighted by atomic mass is 9.99. The Morgan fingerprint density at radius 3 is 2.44 bits per heavy atom. The number of thioether (sulfide) groups is 1. The number of carbonyl (C=O) groups is 1. The average molecular weight is 239 g/mol. The highest BCUT2D eigenvalue weighted by atomic mass is 32.2. The van der Waals surface area contributed by atoms with Crippen LogP contribution in [0.15, 0.2) is 24.3 Å². The third-order valence-electron chi connectivity index (χ3n) is 2.52. The van der Waals surface area contributed by atoms with Crippen molar-refractivity contribution in [3.05, 3.63) is 35.4 Å². The normalized spacial score (nSPS) is 14.4. The molecule has 0 aliphatic heterocycles. The predicted molar refractivity (Wildman–Crippen MR) is 67.7 cm³/mol. The summed E-state index contributed by atoms with van der Waals surface area (Å²) in [5, 5.41) is 9.32. The van der Waals surface area contributed by atoms with E-state index in [2.05, 4.69) is 0 Å². The summed E-state index contributed by atoms with van der Waals surface area (Å²) in [6.45, 7) is 4.19. The Morgan fingerprint density at radius 2 is 2.00 bits per heavy atom. The van der Waals surface area contributed by atoms with E-state index in [9.17, 15) is 9.90 Å². The molecule has 0 bridgehead atoms. The Balaban J connectivity index is 3.01. The highest BCUT2D eigenvalue weighted by molar-refractivity contribution is 8.00. The summed E-state index contributed by atoms with van der Waals surface area (Å²) in [6.07, 6.45) is 0. The number of benzene rings is 1. The van der Waals surface area contributed by atoms with Crippen LogP contribution in [0.3, 0.4) is 0 Å². The van der Waals surface area contributed by atoms with E-state index >= 15 is 0 Å². The molecule has 0 amide bonds. The van der Waals surface area contributed by atoms with E-state index in [-0.39, 0.29) is 0 Å². The SMILES string of the molecule is Cc1ccc(C(C)(SCCN)C(=O)O)cc1. The van der Waals surface area contributed by atoms with Crippen molar-refractivity contribution < 1.29 is 9.90 Å². The number of nitrogens with two attached hydrogens (primary N) is 1. The van der Waals surface area contributed by atoms with Crippen molar-refractivity contribution in [3.8, 4) is 0 Å². The Morgan fingerprint density at radius 1 is 1.44 bits per heavy atom. The van der Waals surface area contributed by atoms with E-state index in [0.717, 1.165) is 11.1 Å². The molecule has 1 rings (SSSR count). The van der Waals surface area contributed by atoms with Crippen molar-refractivity contribution in [2.45, 2.75) is 18.6 Å². The number of carboxylic acids is 1. The van der Waals surface area contributed by atoms with Crippen LogP contribution in [0.1, 0.15) is 18.1 Å². The lowest BCUT2D eigenvalue weighted by Gasteiger charge is -2.24. The molecular formula is C12H17NO2S. The minimum absolute atomic E-state index is 0.486. The molecule has 1 atom stereocenters. The highest BCUT2D eigenvalue weighted by Crippen LogP contribution is 2.36. The van der Waals surface area contributed by atoms with Gasteiger partial charge in [0.15, 0.2) is 0 Å². The summed E-state index contributed by atoms with van der Waals surface area (Å²) in [4.78, 5) is 11.4. The van der Waals surface area contributed by atoms with Gasteiger partial charge in [-0.3, -0.25) is 4.79 Å². The van der Waals surface area contributed by atoms with Crippen LogP contribution in [-0.2, 0) is 9.54 Å². The van der Waals surface area contributed by atoms with E-state index < -0.39 is 10.7 Å². The molecule has 0 heterocycles. The zero-order chi connectivity index (χ0) is 12.2. The van der Waals surface area contributed by atoms with E-state index in [1.54, 1.807) is 6.92 Å². The van der Waals surface area contributed by atoms with Gasteiger partial charge in [-0.15, -0.1) is 11.8 Å². The van der Waals surface area contributed by atoms with Crippen molar-refractivity contribution in [2.24, 2.45) is 5.73 Å². The number of rotatable bonds is 5. The third-order valence-corrected chi connectivity index (χ3v) is 3.95. The summed E-state index contributed by atoms with van der Waals surface area (Å²) < 4.78 is -0.910. The van der Waals surface area contributed by atoms with Gasteiger partial charge in [0.25, 0.3) is 0 Å². The van der Waals surface area contributed by atoms with Crippen LogP contribution in [0.2, 0.25) is 0 Å². The molecule has 16 heavy (non-hydrogen) atoms. The molecule has 3 N–H and O–H groups in total. The van der Waals surface area contributed by atoms with Crippen LogP contribution in [0.25, 0.3) is 0 Å². The molecule has 88 valence electrons. The lowest BCUT2D eigenvalue weighted by molar-refractivity contribution is -0.139. The molecule has 0 aliphatic carbocycles. The van der Waals surface area contributed by atoms with Gasteiger partial charge >= 0.3 is 5.97 Å². The maximum absolute atomic E-state index is 11.4. The van der Waals surface area contributed by atoms with Gasteiger partial charge < -0.3 is 10.8 Å². The first-order valence-electron chi connectivity index (χ1n) is 5.15. The van der Waals surface area contributed by atoms with Crippen molar-refractivity contribution in [3.63, 3.8) is 0 Å². The topological polar surface area (TPSA) is 63.3 Å². The molecule has 0 saturated heterocycles. The largest absolute Gasteiger partial charge is 0.480 e. The second-order valence-electron chi connectivity index (χ2n) is 3.84. The van der Waals surface area contributed by atoms with Crippen molar-refractivity contribution in [1.82, 2.24) is 0 Å². The molecule has 0 fully saturated rings. The molecule has 0 saturated carbocycles. The Kier molecular flexibility index (Phi) is 4.38. The van der Waals surface area contributed by atoms with Crippen LogP contribution in [-0.4, -0.2) is 23.4 Å². The van der Waals surface area contributed by atoms with Gasteiger partial charge in [0.1, 0.15) is 4.75 Å². The van der Waals surface area contributed by atoms with E-state index in [1.165, 1.54) is 11.8 Å². The van der Waals surface area contributed by atoms with Gasteiger partial charge in [0.2, 0.25) is 0 Å². The molecule has 0 aromatic heterocycles. The fourth-order valence-electron chi connectivity index (χ4n) is 1.40. The quantitative estimate of drug-likeness (QED) is 0.824. The van der Waals surface area contributed by atoms with Gasteiger partial charge in [-0.25, -0.2) is 0 Å². The van der Waals surface area contributed by atoms with Gasteiger partial charge in [0, 0.05) is 12.3 Å². The molecule has 1 unspecified atom stereocenters. The zero-order valence-electron chi connectivity index (χ0n) is 9.56. The maximum atomic E-state index is 11.4. The third kappa shape index (κ3) is 2.77. The molecule has 0 spiro atoms. The number of carboxylic acid groups (broad SMARTS) is 1. The Hall–Kier alpha value is -1.00. The van der Waals surface area contributed by atoms with Crippen LogP contribution < -0.4 is 5.73 Å². The maximum Gasteiger partial charge on any atom is 0.324 e. The Labute approximate surface area is 100 Å². The summed E-state index contributed by atoms with van der Waals surface area (Å²) in [5.74, 6) is -0.189. The molecule has 1 aromatic carbocycles. The zero-order valence-corrected chi connectivity index (χ0v) is 10.4. The number of aryl methyl sites for hydroxylation is 1. The highest BCUT2D eigenvalue weighted by Gasteiger charge is 2.35. The van der Waals surface area contributed by atoms with Crippen LogP contribution in [0.5, 0.6) is 0 Å². The van der Waals surface area contributed by atoms with E-state index in [4.69, 9.17) is 5.73 Å². The average Bonchev–Trinajstić information content (AvgIpc) is 2.26. The van der Waals surface area contributed by atoms with E-state index in [1.807, 2.05) is 31.2 Å². The second-order valence-corrected chi connectivity index (χ2v) is 5.35. The van der Waals surface area contributed by atoms with Crippen LogP contribution in [0, 0.1) is 6.92 Å². The molecule has 0 aliphatic rings.